The summed E-state index contributed by atoms with van der Waals surface area (Å²) in [7, 11) is 1.88. The molecular weight excluding hydrogens is 268 g/mol. The van der Waals surface area contributed by atoms with Crippen molar-refractivity contribution in [2.45, 2.75) is 26.3 Å². The molecule has 6 heteroatoms. The molecule has 0 aromatic heterocycles. The molecule has 0 fully saturated rings. The van der Waals surface area contributed by atoms with Gasteiger partial charge in [-0.2, -0.15) is 0 Å². The lowest BCUT2D eigenvalue weighted by Gasteiger charge is -2.18. The van der Waals surface area contributed by atoms with E-state index in [1.54, 1.807) is 0 Å². The molecule has 0 spiro atoms. The van der Waals surface area contributed by atoms with Crippen LogP contribution >= 0.6 is 0 Å². The number of hydrogen-bond donors (Lipinski definition) is 3. The van der Waals surface area contributed by atoms with Gasteiger partial charge in [-0.3, -0.25) is 19.9 Å². The largest absolute Gasteiger partial charge is 0.355 e. The van der Waals surface area contributed by atoms with Crippen LogP contribution in [0.5, 0.6) is 0 Å². The van der Waals surface area contributed by atoms with Gasteiger partial charge < -0.3 is 5.32 Å². The summed E-state index contributed by atoms with van der Waals surface area (Å²) in [5, 5.41) is 2.84. The maximum atomic E-state index is 11.7. The Kier molecular flexibility index (Phi) is 7.42. The minimum absolute atomic E-state index is 0.0107. The summed E-state index contributed by atoms with van der Waals surface area (Å²) >= 11 is 0. The van der Waals surface area contributed by atoms with Crippen molar-refractivity contribution in [3.8, 4) is 0 Å². The number of carbonyl (C=O) groups excluding carboxylic acids is 2. The lowest BCUT2D eigenvalue weighted by Crippen LogP contribution is -2.35. The quantitative estimate of drug-likeness (QED) is 0.362. The van der Waals surface area contributed by atoms with Gasteiger partial charge in [0.25, 0.3) is 0 Å². The number of nitrogens with zero attached hydrogens (tertiary/aromatic N) is 1. The van der Waals surface area contributed by atoms with E-state index in [1.807, 2.05) is 43.1 Å². The molecule has 21 heavy (non-hydrogen) atoms. The molecule has 1 rings (SSSR count). The van der Waals surface area contributed by atoms with Gasteiger partial charge in [-0.25, -0.2) is 5.84 Å². The third-order valence-corrected chi connectivity index (χ3v) is 3.06. The third kappa shape index (κ3) is 6.37. The topological polar surface area (TPSA) is 87.5 Å². The molecule has 0 unspecified atom stereocenters. The molecule has 0 radical (unpaired) electrons. The van der Waals surface area contributed by atoms with Crippen LogP contribution in [0.1, 0.15) is 24.5 Å². The summed E-state index contributed by atoms with van der Waals surface area (Å²) in [6.07, 6.45) is 1.16. The predicted molar refractivity (Wildman–Crippen MR) is 82.1 cm³/mol. The highest BCUT2D eigenvalue weighted by Crippen LogP contribution is 2.11. The first-order valence-corrected chi connectivity index (χ1v) is 7.08. The van der Waals surface area contributed by atoms with Gasteiger partial charge in [0, 0.05) is 13.1 Å². The first-order chi connectivity index (χ1) is 10.1. The van der Waals surface area contributed by atoms with Gasteiger partial charge in [0.1, 0.15) is 0 Å². The third-order valence-electron chi connectivity index (χ3n) is 3.06. The molecule has 0 aliphatic rings. The summed E-state index contributed by atoms with van der Waals surface area (Å²) in [6, 6.07) is 7.66. The monoisotopic (exact) mass is 292 g/mol. The summed E-state index contributed by atoms with van der Waals surface area (Å²) < 4.78 is 0. The van der Waals surface area contributed by atoms with Crippen LogP contribution in [0.15, 0.2) is 24.3 Å². The van der Waals surface area contributed by atoms with Crippen molar-refractivity contribution in [1.82, 2.24) is 15.6 Å². The molecule has 4 N–H and O–H groups in total. The average molecular weight is 292 g/mol. The fourth-order valence-corrected chi connectivity index (χ4v) is 2.02. The van der Waals surface area contributed by atoms with Gasteiger partial charge in [0.15, 0.2) is 0 Å². The Hall–Kier alpha value is -1.92. The van der Waals surface area contributed by atoms with Gasteiger partial charge >= 0.3 is 0 Å². The van der Waals surface area contributed by atoms with Gasteiger partial charge in [-0.1, -0.05) is 31.2 Å². The Balaban J connectivity index is 2.61. The number of rotatable bonds is 8. The standard InChI is InChI=1S/C15H24N4O2/c1-3-8-17-15(21)11-19(2)10-13-7-5-4-6-12(13)9-14(20)18-16/h4-7H,3,8-11,16H2,1-2H3,(H,17,21)(H,18,20). The minimum atomic E-state index is -0.231. The molecule has 0 bridgehead atoms. The maximum Gasteiger partial charge on any atom is 0.238 e. The van der Waals surface area contributed by atoms with E-state index in [1.165, 1.54) is 0 Å². The van der Waals surface area contributed by atoms with E-state index in [9.17, 15) is 9.59 Å². The Morgan fingerprint density at radius 3 is 2.48 bits per heavy atom. The normalized spacial score (nSPS) is 10.5. The number of hydrogen-bond acceptors (Lipinski definition) is 4. The van der Waals surface area contributed by atoms with E-state index in [-0.39, 0.29) is 18.2 Å². The van der Waals surface area contributed by atoms with E-state index >= 15 is 0 Å². The van der Waals surface area contributed by atoms with E-state index in [4.69, 9.17) is 5.84 Å². The first-order valence-electron chi connectivity index (χ1n) is 7.08. The molecule has 0 aliphatic heterocycles. The smallest absolute Gasteiger partial charge is 0.238 e. The zero-order chi connectivity index (χ0) is 15.7. The summed E-state index contributed by atoms with van der Waals surface area (Å²) in [4.78, 5) is 25.0. The molecule has 0 heterocycles. The molecule has 0 saturated carbocycles. The van der Waals surface area contributed by atoms with Crippen LogP contribution in [-0.4, -0.2) is 36.9 Å². The van der Waals surface area contributed by atoms with Gasteiger partial charge in [-0.05, 0) is 24.6 Å². The Labute approximate surface area is 125 Å². The Morgan fingerprint density at radius 2 is 1.86 bits per heavy atom. The molecule has 116 valence electrons. The maximum absolute atomic E-state index is 11.7. The van der Waals surface area contributed by atoms with Gasteiger partial charge in [-0.15, -0.1) is 0 Å². The number of carbonyl (C=O) groups is 2. The Bertz CT molecular complexity index is 476. The fraction of sp³-hybridized carbons (Fsp3) is 0.467. The highest BCUT2D eigenvalue weighted by Gasteiger charge is 2.11. The van der Waals surface area contributed by atoms with Crippen LogP contribution in [0.2, 0.25) is 0 Å². The summed E-state index contributed by atoms with van der Waals surface area (Å²) in [5.41, 5.74) is 4.07. The molecule has 2 amide bonds. The van der Waals surface area contributed by atoms with E-state index in [2.05, 4.69) is 10.7 Å². The Morgan fingerprint density at radius 1 is 1.19 bits per heavy atom. The zero-order valence-electron chi connectivity index (χ0n) is 12.7. The number of nitrogens with two attached hydrogens (primary N) is 1. The lowest BCUT2D eigenvalue weighted by atomic mass is 10.0. The lowest BCUT2D eigenvalue weighted by molar-refractivity contribution is -0.122. The molecule has 0 atom stereocenters. The number of benzene rings is 1. The second-order valence-electron chi connectivity index (χ2n) is 5.04. The average Bonchev–Trinajstić information content (AvgIpc) is 2.46. The number of nitrogens with one attached hydrogen (secondary N) is 2. The van der Waals surface area contributed by atoms with Crippen LogP contribution in [0.25, 0.3) is 0 Å². The predicted octanol–water partition coefficient (Wildman–Crippen LogP) is 0.177. The second kappa shape index (κ2) is 9.10. The first kappa shape index (κ1) is 17.1. The number of hydrazine groups is 1. The zero-order valence-corrected chi connectivity index (χ0v) is 12.7. The number of likely N-dealkylation sites (N-methyl/N-ethyl adjacent to an activating group) is 1. The summed E-state index contributed by atoms with van der Waals surface area (Å²) in [5.74, 6) is 4.90. The SMILES string of the molecule is CCCNC(=O)CN(C)Cc1ccccc1CC(=O)NN. The minimum Gasteiger partial charge on any atom is -0.355 e. The van der Waals surface area contributed by atoms with Gasteiger partial charge in [0.2, 0.25) is 11.8 Å². The van der Waals surface area contributed by atoms with Crippen molar-refractivity contribution >= 4 is 11.8 Å². The van der Waals surface area contributed by atoms with Crippen LogP contribution in [-0.2, 0) is 22.6 Å². The van der Waals surface area contributed by atoms with Crippen molar-refractivity contribution < 1.29 is 9.59 Å². The highest BCUT2D eigenvalue weighted by atomic mass is 16.2. The molecule has 1 aromatic rings. The van der Waals surface area contributed by atoms with E-state index in [0.29, 0.717) is 19.6 Å². The van der Waals surface area contributed by atoms with Crippen LogP contribution in [0, 0.1) is 0 Å². The molecule has 6 nitrogen and oxygen atoms in total. The van der Waals surface area contributed by atoms with Crippen molar-refractivity contribution in [1.29, 1.82) is 0 Å². The number of amides is 2. The van der Waals surface area contributed by atoms with Crippen molar-refractivity contribution in [3.05, 3.63) is 35.4 Å². The van der Waals surface area contributed by atoms with Crippen LogP contribution in [0.3, 0.4) is 0 Å². The van der Waals surface area contributed by atoms with Crippen molar-refractivity contribution in [2.75, 3.05) is 20.1 Å². The second-order valence-corrected chi connectivity index (χ2v) is 5.04. The molecular formula is C15H24N4O2. The van der Waals surface area contributed by atoms with Gasteiger partial charge in [0.05, 0.1) is 13.0 Å². The van der Waals surface area contributed by atoms with E-state index < -0.39 is 0 Å². The fourth-order valence-electron chi connectivity index (χ4n) is 2.02. The molecule has 1 aromatic carbocycles. The van der Waals surface area contributed by atoms with Crippen LogP contribution < -0.4 is 16.6 Å². The van der Waals surface area contributed by atoms with E-state index in [0.717, 1.165) is 17.5 Å². The summed E-state index contributed by atoms with van der Waals surface area (Å²) in [6.45, 7) is 3.65. The molecule has 0 aliphatic carbocycles. The highest BCUT2D eigenvalue weighted by molar-refractivity contribution is 5.78. The van der Waals surface area contributed by atoms with Crippen molar-refractivity contribution in [3.63, 3.8) is 0 Å². The molecule has 0 saturated heterocycles. The van der Waals surface area contributed by atoms with Crippen molar-refractivity contribution in [2.24, 2.45) is 5.84 Å². The van der Waals surface area contributed by atoms with Crippen LogP contribution in [0.4, 0.5) is 0 Å².